The zero-order valence-corrected chi connectivity index (χ0v) is 25.9. The Hall–Kier alpha value is -2.04. The summed E-state index contributed by atoms with van der Waals surface area (Å²) in [5, 5.41) is 2.70. The van der Waals surface area contributed by atoms with Gasteiger partial charge in [0.15, 0.2) is 6.79 Å². The van der Waals surface area contributed by atoms with E-state index in [0.29, 0.717) is 11.5 Å². The van der Waals surface area contributed by atoms with Crippen LogP contribution in [-0.4, -0.2) is 35.9 Å². The summed E-state index contributed by atoms with van der Waals surface area (Å²) in [4.78, 5) is 27.8. The van der Waals surface area contributed by atoms with Gasteiger partial charge >= 0.3 is 150 Å². The van der Waals surface area contributed by atoms with Crippen LogP contribution in [0.1, 0.15) is 101 Å². The first kappa shape index (κ1) is 34.2. The van der Waals surface area contributed by atoms with Crippen molar-refractivity contribution in [3.63, 3.8) is 0 Å². The number of phosphoric ester groups is 2. The van der Waals surface area contributed by atoms with Crippen LogP contribution in [0.25, 0.3) is 11.1 Å². The van der Waals surface area contributed by atoms with Crippen LogP contribution in [0.5, 0.6) is 11.5 Å². The first-order valence-corrected chi connectivity index (χ1v) is 15.9. The van der Waals surface area contributed by atoms with E-state index in [4.69, 9.17) is 31.4 Å². The van der Waals surface area contributed by atoms with Crippen molar-refractivity contribution < 1.29 is 47.0 Å². The minimum atomic E-state index is -4.69. The quantitative estimate of drug-likeness (QED) is 0.0843. The van der Waals surface area contributed by atoms with E-state index in [2.05, 4.69) is 14.2 Å². The van der Waals surface area contributed by atoms with Crippen molar-refractivity contribution >= 4 is 23.3 Å². The van der Waals surface area contributed by atoms with E-state index in [1.807, 2.05) is 79.7 Å². The molecule has 2 rings (SSSR count). The van der Waals surface area contributed by atoms with Gasteiger partial charge in [-0.2, -0.15) is 0 Å². The normalized spacial score (nSPS) is 13.7. The molecule has 0 saturated heterocycles. The maximum atomic E-state index is 11.8. The van der Waals surface area contributed by atoms with Gasteiger partial charge < -0.3 is 14.5 Å². The average Bonchev–Trinajstić information content (AvgIpc) is 2.82. The number of rotatable bonds is 15. The molecule has 221 valence electrons. The molecule has 2 aromatic carbocycles. The number of hydrogen-bond donors (Lipinski definition) is 3. The molecule has 0 aliphatic heterocycles. The van der Waals surface area contributed by atoms with Gasteiger partial charge in [0.25, 0.3) is 0 Å². The Morgan fingerprint density at radius 2 is 1.00 bits per heavy atom. The van der Waals surface area contributed by atoms with Crippen LogP contribution >= 0.6 is 15.6 Å². The van der Waals surface area contributed by atoms with Crippen molar-refractivity contribution in [1.29, 1.82) is 0 Å². The van der Waals surface area contributed by atoms with Gasteiger partial charge in [-0.3, -0.25) is 0 Å². The van der Waals surface area contributed by atoms with Gasteiger partial charge in [0, 0.05) is 0 Å². The topological polar surface area (TPSA) is 153 Å². The predicted molar refractivity (Wildman–Crippen MR) is 153 cm³/mol. The van der Waals surface area contributed by atoms with Gasteiger partial charge in [-0.15, -0.1) is 0 Å². The molecule has 40 heavy (non-hydrogen) atoms. The molecule has 0 aliphatic rings. The van der Waals surface area contributed by atoms with Gasteiger partial charge in [0.05, 0.1) is 0 Å². The molecule has 14 heteroatoms. The van der Waals surface area contributed by atoms with Crippen molar-refractivity contribution in [3.8, 4) is 22.6 Å². The first-order valence-electron chi connectivity index (χ1n) is 12.8. The molecule has 0 spiro atoms. The second-order valence-corrected chi connectivity index (χ2v) is 13.1. The summed E-state index contributed by atoms with van der Waals surface area (Å²) in [6, 6.07) is 8.03. The van der Waals surface area contributed by atoms with Gasteiger partial charge in [-0.05, 0) is 23.0 Å². The van der Waals surface area contributed by atoms with E-state index in [0.717, 1.165) is 33.4 Å². The molecular weight excluding hydrogens is 559 g/mol. The Morgan fingerprint density at radius 3 is 1.27 bits per heavy atom. The van der Waals surface area contributed by atoms with Gasteiger partial charge in [0.2, 0.25) is 0 Å². The van der Waals surface area contributed by atoms with Crippen LogP contribution < -0.4 is 9.47 Å². The molecule has 0 bridgehead atoms. The molecule has 0 aliphatic carbocycles. The number of ether oxygens (including phenoxy) is 2. The molecular formula is C26H39BNO10P2. The maximum absolute atomic E-state index is 11.8. The summed E-state index contributed by atoms with van der Waals surface area (Å²) in [5.41, 5.74) is 5.33. The van der Waals surface area contributed by atoms with E-state index < -0.39 is 29.2 Å². The Labute approximate surface area is 237 Å². The van der Waals surface area contributed by atoms with Gasteiger partial charge in [-0.1, -0.05) is 27.7 Å². The SMILES string of the molecule is [B]=NOP(=O)(O)OCOc1c(C(C)C)cc(-c2cc(C(C)C)c(OCOP(=O)(O)O)c(C(C)C)c2)cc1C(C)C. The third-order valence-corrected chi connectivity index (χ3v) is 7.28. The Bertz CT molecular complexity index is 1220. The molecule has 1 unspecified atom stereocenters. The van der Waals surface area contributed by atoms with Crippen LogP contribution in [0, 0.1) is 0 Å². The monoisotopic (exact) mass is 598 g/mol. The van der Waals surface area contributed by atoms with Crippen LogP contribution in [0.15, 0.2) is 29.3 Å². The fourth-order valence-corrected chi connectivity index (χ4v) is 4.66. The summed E-state index contributed by atoms with van der Waals surface area (Å²) in [5.74, 6) is 1.21. The van der Waals surface area contributed by atoms with Crippen LogP contribution in [0.2, 0.25) is 0 Å². The zero-order valence-electron chi connectivity index (χ0n) is 24.2. The minimum absolute atomic E-state index is 0.0326. The fourth-order valence-electron chi connectivity index (χ4n) is 4.12. The number of phosphoric acid groups is 2. The molecule has 3 N–H and O–H groups in total. The third kappa shape index (κ3) is 9.52. The molecule has 11 nitrogen and oxygen atoms in total. The van der Waals surface area contributed by atoms with Crippen molar-refractivity contribution in [3.05, 3.63) is 46.5 Å². The van der Waals surface area contributed by atoms with Crippen molar-refractivity contribution in [2.24, 2.45) is 5.06 Å². The van der Waals surface area contributed by atoms with E-state index >= 15 is 0 Å². The van der Waals surface area contributed by atoms with Crippen LogP contribution in [0.4, 0.5) is 0 Å². The van der Waals surface area contributed by atoms with E-state index in [1.165, 1.54) is 0 Å². The molecule has 0 amide bonds. The second-order valence-electron chi connectivity index (χ2n) is 10.5. The van der Waals surface area contributed by atoms with Crippen LogP contribution in [-0.2, 0) is 22.8 Å². The van der Waals surface area contributed by atoms with Gasteiger partial charge in [-0.25, -0.2) is 9.09 Å². The molecule has 0 fully saturated rings. The standard InChI is InChI=1S/C26H39BNO10P2/c1-15(2)21-9-19(10-22(16(3)4)25(21)34-13-36-39(29,30)31)20-11-23(17(5)6)26(24(12-20)18(7)8)35-14-37-40(32,33)38-28-27/h9-12,15-18H,13-14H2,1-8H3,(H,32,33)(H2,29,30,31). The molecule has 1 radical (unpaired) electrons. The molecule has 0 aromatic heterocycles. The number of nitrogens with zero attached hydrogens (tertiary/aromatic N) is 1. The number of benzene rings is 2. The summed E-state index contributed by atoms with van der Waals surface area (Å²) in [6.45, 7) is 15.0. The van der Waals surface area contributed by atoms with Gasteiger partial charge in [0.1, 0.15) is 5.75 Å². The molecule has 0 heterocycles. The van der Waals surface area contributed by atoms with Crippen molar-refractivity contribution in [2.45, 2.75) is 79.1 Å². The molecule has 0 saturated carbocycles. The first-order chi connectivity index (χ1) is 18.5. The van der Waals surface area contributed by atoms with E-state index in [9.17, 15) is 14.0 Å². The zero-order chi connectivity index (χ0) is 30.4. The van der Waals surface area contributed by atoms with Crippen LogP contribution in [0.3, 0.4) is 0 Å². The van der Waals surface area contributed by atoms with E-state index in [-0.39, 0.29) is 23.7 Å². The second kappa shape index (κ2) is 14.2. The summed E-state index contributed by atoms with van der Waals surface area (Å²) >= 11 is 0. The molecule has 2 aromatic rings. The predicted octanol–water partition coefficient (Wildman–Crippen LogP) is 7.03. The van der Waals surface area contributed by atoms with Crippen molar-refractivity contribution in [1.82, 2.24) is 0 Å². The Kier molecular flexibility index (Phi) is 12.2. The average molecular weight is 598 g/mol. The summed E-state index contributed by atoms with van der Waals surface area (Å²) in [7, 11) is -4.37. The number of hydrogen-bond acceptors (Lipinski definition) is 8. The fraction of sp³-hybridized carbons (Fsp3) is 0.538. The third-order valence-electron chi connectivity index (χ3n) is 6.11. The summed E-state index contributed by atoms with van der Waals surface area (Å²) < 4.78 is 48.2. The summed E-state index contributed by atoms with van der Waals surface area (Å²) in [6.07, 6.45) is 0. The molecule has 1 atom stereocenters. The van der Waals surface area contributed by atoms with Crippen molar-refractivity contribution in [2.75, 3.05) is 13.6 Å². The Morgan fingerprint density at radius 1 is 0.675 bits per heavy atom. The Balaban J connectivity index is 2.64. The van der Waals surface area contributed by atoms with E-state index in [1.54, 1.807) is 0 Å².